The maximum Gasteiger partial charge on any atom is 0.262 e. The average Bonchev–Trinajstić information content (AvgIpc) is 2.40. The van der Waals surface area contributed by atoms with Crippen LogP contribution < -0.4 is 4.74 Å². The van der Waals surface area contributed by atoms with Gasteiger partial charge in [-0.2, -0.15) is 0 Å². The highest BCUT2D eigenvalue weighted by molar-refractivity contribution is 6.64. The zero-order valence-corrected chi connectivity index (χ0v) is 16.4. The van der Waals surface area contributed by atoms with E-state index in [-0.39, 0.29) is 10.8 Å². The van der Waals surface area contributed by atoms with Crippen LogP contribution in [0.2, 0.25) is 0 Å². The topological polar surface area (TPSA) is 26.3 Å². The van der Waals surface area contributed by atoms with Gasteiger partial charge in [-0.15, -0.1) is 0 Å². The Hall–Kier alpha value is -1.02. The molecule has 1 atom stereocenters. The summed E-state index contributed by atoms with van der Waals surface area (Å²) >= 11 is 5.74. The van der Waals surface area contributed by atoms with E-state index in [0.29, 0.717) is 6.42 Å². The number of hydrogen-bond donors (Lipinski definition) is 0. The number of hydrogen-bond acceptors (Lipinski definition) is 2. The molecule has 2 nitrogen and oxygen atoms in total. The Morgan fingerprint density at radius 2 is 1.74 bits per heavy atom. The van der Waals surface area contributed by atoms with E-state index < -0.39 is 11.3 Å². The van der Waals surface area contributed by atoms with E-state index in [1.807, 2.05) is 6.07 Å². The molecule has 0 aliphatic heterocycles. The summed E-state index contributed by atoms with van der Waals surface area (Å²) in [5.41, 5.74) is 2.38. The Kier molecular flexibility index (Phi) is 6.70. The largest absolute Gasteiger partial charge is 0.481 e. The van der Waals surface area contributed by atoms with Crippen molar-refractivity contribution < 1.29 is 9.53 Å². The molecule has 3 heteroatoms. The van der Waals surface area contributed by atoms with Gasteiger partial charge in [0.05, 0.1) is 0 Å². The number of benzene rings is 1. The third-order valence-electron chi connectivity index (χ3n) is 4.00. The van der Waals surface area contributed by atoms with Crippen LogP contribution in [0.3, 0.4) is 0 Å². The molecule has 1 aromatic carbocycles. The Bertz CT molecular complexity index is 536. The molecular formula is C20H31ClO2. The minimum Gasteiger partial charge on any atom is -0.481 e. The normalized spacial score (nSPS) is 13.7. The molecule has 0 saturated heterocycles. The molecule has 1 aromatic rings. The quantitative estimate of drug-likeness (QED) is 0.596. The lowest BCUT2D eigenvalue weighted by Crippen LogP contribution is -2.26. The molecule has 0 spiro atoms. The first kappa shape index (κ1) is 20.0. The summed E-state index contributed by atoms with van der Waals surface area (Å²) in [6, 6.07) is 6.27. The Morgan fingerprint density at radius 3 is 2.17 bits per heavy atom. The van der Waals surface area contributed by atoms with E-state index in [4.69, 9.17) is 16.3 Å². The van der Waals surface area contributed by atoms with Crippen molar-refractivity contribution in [2.75, 3.05) is 0 Å². The zero-order valence-electron chi connectivity index (χ0n) is 15.6. The van der Waals surface area contributed by atoms with Gasteiger partial charge < -0.3 is 4.74 Å². The molecule has 0 amide bonds. The second kappa shape index (κ2) is 7.70. The maximum atomic E-state index is 11.7. The van der Waals surface area contributed by atoms with Crippen LogP contribution in [-0.4, -0.2) is 11.3 Å². The number of ether oxygens (including phenoxy) is 1. The summed E-state index contributed by atoms with van der Waals surface area (Å²) in [4.78, 5) is 11.7. The first-order chi connectivity index (χ1) is 10.5. The molecule has 1 unspecified atom stereocenters. The molecule has 0 fully saturated rings. The van der Waals surface area contributed by atoms with E-state index >= 15 is 0 Å². The van der Waals surface area contributed by atoms with E-state index in [9.17, 15) is 4.79 Å². The number of unbranched alkanes of at least 4 members (excludes halogenated alkanes) is 1. The smallest absolute Gasteiger partial charge is 0.262 e. The first-order valence-electron chi connectivity index (χ1n) is 8.47. The van der Waals surface area contributed by atoms with Gasteiger partial charge in [0.2, 0.25) is 0 Å². The maximum absolute atomic E-state index is 11.7. The molecule has 130 valence electrons. The second-order valence-corrected chi connectivity index (χ2v) is 8.64. The van der Waals surface area contributed by atoms with E-state index in [1.54, 1.807) is 0 Å². The lowest BCUT2D eigenvalue weighted by atomic mass is 9.80. The summed E-state index contributed by atoms with van der Waals surface area (Å²) < 4.78 is 6.02. The third-order valence-corrected chi connectivity index (χ3v) is 4.24. The Balaban J connectivity index is 3.21. The monoisotopic (exact) mass is 338 g/mol. The van der Waals surface area contributed by atoms with Crippen LogP contribution in [0.5, 0.6) is 5.75 Å². The lowest BCUT2D eigenvalue weighted by Gasteiger charge is -2.28. The van der Waals surface area contributed by atoms with Gasteiger partial charge in [0, 0.05) is 0 Å². The van der Waals surface area contributed by atoms with Crippen LogP contribution in [0, 0.1) is 0 Å². The fraction of sp³-hybridized carbons (Fsp3) is 0.650. The van der Waals surface area contributed by atoms with Crippen LogP contribution in [0.25, 0.3) is 0 Å². The molecule has 23 heavy (non-hydrogen) atoms. The van der Waals surface area contributed by atoms with Crippen molar-refractivity contribution in [3.8, 4) is 5.75 Å². The van der Waals surface area contributed by atoms with Crippen molar-refractivity contribution in [1.29, 1.82) is 0 Å². The van der Waals surface area contributed by atoms with Gasteiger partial charge in [-0.25, -0.2) is 0 Å². The van der Waals surface area contributed by atoms with Crippen LogP contribution in [0.15, 0.2) is 18.2 Å². The van der Waals surface area contributed by atoms with Crippen molar-refractivity contribution >= 4 is 16.8 Å². The SMILES string of the molecule is CCCCC(Oc1ccc(C(C)(C)C)cc1C(C)(C)C)C(=O)Cl. The van der Waals surface area contributed by atoms with E-state index in [1.165, 1.54) is 5.56 Å². The molecule has 0 aliphatic carbocycles. The zero-order chi connectivity index (χ0) is 17.8. The van der Waals surface area contributed by atoms with Crippen molar-refractivity contribution in [2.45, 2.75) is 84.7 Å². The van der Waals surface area contributed by atoms with Crippen LogP contribution in [-0.2, 0) is 15.6 Å². The fourth-order valence-corrected chi connectivity index (χ4v) is 2.60. The van der Waals surface area contributed by atoms with Gasteiger partial charge in [-0.1, -0.05) is 67.0 Å². The Morgan fingerprint density at radius 1 is 1.13 bits per heavy atom. The van der Waals surface area contributed by atoms with Crippen molar-refractivity contribution in [3.05, 3.63) is 29.3 Å². The summed E-state index contributed by atoms with van der Waals surface area (Å²) in [6.45, 7) is 15.2. The Labute approximate surface area is 146 Å². The third kappa shape index (κ3) is 5.84. The average molecular weight is 339 g/mol. The van der Waals surface area contributed by atoms with Gasteiger partial charge in [-0.3, -0.25) is 4.79 Å². The van der Waals surface area contributed by atoms with Crippen molar-refractivity contribution in [3.63, 3.8) is 0 Å². The van der Waals surface area contributed by atoms with Crippen molar-refractivity contribution in [1.82, 2.24) is 0 Å². The van der Waals surface area contributed by atoms with Gasteiger partial charge in [-0.05, 0) is 52.5 Å². The molecule has 1 rings (SSSR count). The van der Waals surface area contributed by atoms with Crippen LogP contribution in [0.1, 0.15) is 78.9 Å². The molecule has 0 aliphatic rings. The van der Waals surface area contributed by atoms with Crippen molar-refractivity contribution in [2.24, 2.45) is 0 Å². The molecule has 0 radical (unpaired) electrons. The predicted octanol–water partition coefficient (Wildman–Crippen LogP) is 5.98. The fourth-order valence-electron chi connectivity index (χ4n) is 2.45. The predicted molar refractivity (Wildman–Crippen MR) is 98.6 cm³/mol. The highest BCUT2D eigenvalue weighted by Crippen LogP contribution is 2.36. The van der Waals surface area contributed by atoms with E-state index in [2.05, 4.69) is 60.6 Å². The standard InChI is InChI=1S/C20H31ClO2/c1-8-9-10-17(18(21)22)23-16-12-11-14(19(2,3)4)13-15(16)20(5,6)7/h11-13,17H,8-10H2,1-7H3. The van der Waals surface area contributed by atoms with Crippen LogP contribution in [0.4, 0.5) is 0 Å². The summed E-state index contributed by atoms with van der Waals surface area (Å²) in [6.07, 6.45) is 2.02. The first-order valence-corrected chi connectivity index (χ1v) is 8.85. The molecular weight excluding hydrogens is 308 g/mol. The molecule has 0 saturated carbocycles. The summed E-state index contributed by atoms with van der Waals surface area (Å²) in [5.74, 6) is 0.764. The molecule has 0 bridgehead atoms. The number of carbonyl (C=O) groups excluding carboxylic acids is 1. The number of halogens is 1. The lowest BCUT2D eigenvalue weighted by molar-refractivity contribution is -0.118. The van der Waals surface area contributed by atoms with Crippen LogP contribution >= 0.6 is 11.6 Å². The van der Waals surface area contributed by atoms with Gasteiger partial charge >= 0.3 is 0 Å². The number of carbonyl (C=O) groups is 1. The van der Waals surface area contributed by atoms with Gasteiger partial charge in [0.15, 0.2) is 6.10 Å². The molecule has 0 heterocycles. The summed E-state index contributed by atoms with van der Waals surface area (Å²) in [5, 5.41) is -0.418. The minimum absolute atomic E-state index is 0.0682. The second-order valence-electron chi connectivity index (χ2n) is 8.26. The minimum atomic E-state index is -0.571. The molecule has 0 N–H and O–H groups in total. The number of rotatable bonds is 6. The summed E-state index contributed by atoms with van der Waals surface area (Å²) in [7, 11) is 0. The highest BCUT2D eigenvalue weighted by Gasteiger charge is 2.26. The van der Waals surface area contributed by atoms with Gasteiger partial charge in [0.1, 0.15) is 5.75 Å². The highest BCUT2D eigenvalue weighted by atomic mass is 35.5. The molecule has 0 aromatic heterocycles. The van der Waals surface area contributed by atoms with Gasteiger partial charge in [0.25, 0.3) is 5.24 Å². The van der Waals surface area contributed by atoms with E-state index in [0.717, 1.165) is 24.2 Å².